The van der Waals surface area contributed by atoms with Crippen LogP contribution in [0.1, 0.15) is 39.2 Å². The fraction of sp³-hybridized carbons (Fsp3) is 0.323. The highest BCUT2D eigenvalue weighted by atomic mass is 16.5. The van der Waals surface area contributed by atoms with Crippen LogP contribution in [0.3, 0.4) is 0 Å². The van der Waals surface area contributed by atoms with Crippen LogP contribution in [0.5, 0.6) is 11.5 Å². The molecule has 0 bridgehead atoms. The highest BCUT2D eigenvalue weighted by Crippen LogP contribution is 2.31. The molecule has 2 aromatic heterocycles. The summed E-state index contributed by atoms with van der Waals surface area (Å²) in [5.74, 6) is 2.93. The Kier molecular flexibility index (Phi) is 8.28. The third kappa shape index (κ3) is 6.54. The van der Waals surface area contributed by atoms with E-state index in [4.69, 9.17) is 14.5 Å². The van der Waals surface area contributed by atoms with Crippen molar-refractivity contribution in [2.75, 3.05) is 29.9 Å². The number of hydrogen-bond donors (Lipinski definition) is 2. The summed E-state index contributed by atoms with van der Waals surface area (Å²) >= 11 is 0. The van der Waals surface area contributed by atoms with Crippen molar-refractivity contribution in [1.82, 2.24) is 19.9 Å². The van der Waals surface area contributed by atoms with Crippen LogP contribution in [0.4, 0.5) is 17.5 Å². The average Bonchev–Trinajstić information content (AvgIpc) is 2.99. The van der Waals surface area contributed by atoms with Crippen molar-refractivity contribution in [3.63, 3.8) is 0 Å². The highest BCUT2D eigenvalue weighted by molar-refractivity contribution is 5.81. The highest BCUT2D eigenvalue weighted by Gasteiger charge is 2.29. The predicted octanol–water partition coefficient (Wildman–Crippen LogP) is 5.49. The van der Waals surface area contributed by atoms with Crippen molar-refractivity contribution in [2.45, 2.75) is 45.1 Å². The Hall–Kier alpha value is -4.73. The van der Waals surface area contributed by atoms with Gasteiger partial charge in [-0.3, -0.25) is 9.78 Å². The number of aliphatic carboxylic acids is 1. The van der Waals surface area contributed by atoms with Gasteiger partial charge in [-0.15, -0.1) is 0 Å². The number of nitrogens with one attached hydrogen (secondary N) is 1. The molecule has 0 amide bonds. The van der Waals surface area contributed by atoms with E-state index in [0.717, 1.165) is 42.3 Å². The van der Waals surface area contributed by atoms with Gasteiger partial charge in [0.15, 0.2) is 23.1 Å². The first-order valence-electron chi connectivity index (χ1n) is 13.7. The van der Waals surface area contributed by atoms with E-state index in [-0.39, 0.29) is 6.10 Å². The lowest BCUT2D eigenvalue weighted by atomic mass is 9.84. The van der Waals surface area contributed by atoms with Gasteiger partial charge in [0.2, 0.25) is 0 Å². The second kappa shape index (κ2) is 12.2. The second-order valence-corrected chi connectivity index (χ2v) is 10.4. The third-order valence-electron chi connectivity index (χ3n) is 7.06. The summed E-state index contributed by atoms with van der Waals surface area (Å²) < 4.78 is 12.1. The third-order valence-corrected chi connectivity index (χ3v) is 7.06. The van der Waals surface area contributed by atoms with Crippen LogP contribution in [0, 0.1) is 0 Å². The van der Waals surface area contributed by atoms with Gasteiger partial charge in [0.1, 0.15) is 17.7 Å². The summed E-state index contributed by atoms with van der Waals surface area (Å²) in [5.41, 5.74) is 0.367. The standard InChI is InChI=1S/C31H34N6O4/c1-4-40-24-12-5-6-13-25(24)41-23-11-8-16-37(20-23)28-19-32-18-27(35-28)34-26-14-15-33-29(36-26)21-9-7-10-22(17-21)31(2,3)30(38)39/h5-7,9-10,12-15,17-19,23H,4,8,11,16,20H2,1-3H3,(H,38,39)(H,33,34,35,36)/t23-/m1/s1. The molecule has 41 heavy (non-hydrogen) atoms. The van der Waals surface area contributed by atoms with Crippen molar-refractivity contribution in [3.05, 3.63) is 78.8 Å². The topological polar surface area (TPSA) is 123 Å². The van der Waals surface area contributed by atoms with E-state index in [0.29, 0.717) is 36.2 Å². The van der Waals surface area contributed by atoms with Gasteiger partial charge in [0, 0.05) is 18.3 Å². The quantitative estimate of drug-likeness (QED) is 0.260. The molecule has 3 heterocycles. The molecule has 10 nitrogen and oxygen atoms in total. The van der Waals surface area contributed by atoms with E-state index in [1.54, 1.807) is 44.6 Å². The van der Waals surface area contributed by atoms with E-state index in [1.165, 1.54) is 0 Å². The van der Waals surface area contributed by atoms with Crippen LogP contribution in [-0.2, 0) is 10.2 Å². The smallest absolute Gasteiger partial charge is 0.313 e. The minimum absolute atomic E-state index is 0.00457. The molecule has 0 aliphatic carbocycles. The number of carbonyl (C=O) groups is 1. The lowest BCUT2D eigenvalue weighted by Gasteiger charge is -2.33. The Balaban J connectivity index is 1.29. The Morgan fingerprint density at radius 3 is 2.71 bits per heavy atom. The summed E-state index contributed by atoms with van der Waals surface area (Å²) in [7, 11) is 0. The maximum absolute atomic E-state index is 11.7. The van der Waals surface area contributed by atoms with Gasteiger partial charge in [-0.05, 0) is 63.4 Å². The first-order valence-corrected chi connectivity index (χ1v) is 13.7. The van der Waals surface area contributed by atoms with E-state index >= 15 is 0 Å². The minimum Gasteiger partial charge on any atom is -0.490 e. The number of carboxylic acid groups (broad SMARTS) is 1. The Bertz CT molecular complexity index is 1510. The summed E-state index contributed by atoms with van der Waals surface area (Å²) in [6.45, 7) is 7.42. The van der Waals surface area contributed by atoms with Crippen molar-refractivity contribution in [1.29, 1.82) is 0 Å². The zero-order valence-corrected chi connectivity index (χ0v) is 23.4. The lowest BCUT2D eigenvalue weighted by molar-refractivity contribution is -0.142. The molecule has 0 saturated carbocycles. The number of carboxylic acids is 1. The van der Waals surface area contributed by atoms with Crippen molar-refractivity contribution >= 4 is 23.4 Å². The number of para-hydroxylation sites is 2. The average molecular weight is 555 g/mol. The molecule has 0 unspecified atom stereocenters. The van der Waals surface area contributed by atoms with Crippen molar-refractivity contribution < 1.29 is 19.4 Å². The maximum Gasteiger partial charge on any atom is 0.313 e. The fourth-order valence-corrected chi connectivity index (χ4v) is 4.68. The first kappa shape index (κ1) is 27.8. The molecular formula is C31H34N6O4. The Morgan fingerprint density at radius 2 is 1.90 bits per heavy atom. The van der Waals surface area contributed by atoms with Crippen LogP contribution < -0.4 is 19.7 Å². The number of rotatable bonds is 10. The minimum atomic E-state index is -1.03. The molecule has 5 rings (SSSR count). The van der Waals surface area contributed by atoms with Gasteiger partial charge >= 0.3 is 5.97 Å². The van der Waals surface area contributed by atoms with E-state index < -0.39 is 11.4 Å². The number of ether oxygens (including phenoxy) is 2. The van der Waals surface area contributed by atoms with Crippen LogP contribution in [0.25, 0.3) is 11.4 Å². The molecule has 1 atom stereocenters. The molecular weight excluding hydrogens is 520 g/mol. The van der Waals surface area contributed by atoms with E-state index in [2.05, 4.69) is 25.2 Å². The molecule has 1 saturated heterocycles. The molecule has 0 spiro atoms. The fourth-order valence-electron chi connectivity index (χ4n) is 4.68. The zero-order chi connectivity index (χ0) is 28.8. The first-order chi connectivity index (χ1) is 19.8. The molecule has 0 radical (unpaired) electrons. The summed E-state index contributed by atoms with van der Waals surface area (Å²) in [6.07, 6.45) is 6.96. The summed E-state index contributed by atoms with van der Waals surface area (Å²) in [4.78, 5) is 32.2. The molecule has 1 aliphatic rings. The number of aromatic nitrogens is 4. The molecule has 1 aliphatic heterocycles. The lowest BCUT2D eigenvalue weighted by Crippen LogP contribution is -2.41. The number of anilines is 3. The summed E-state index contributed by atoms with van der Waals surface area (Å²) in [6, 6.07) is 16.8. The van der Waals surface area contributed by atoms with Gasteiger partial charge in [-0.2, -0.15) is 0 Å². The van der Waals surface area contributed by atoms with Crippen LogP contribution in [0.15, 0.2) is 73.2 Å². The molecule has 10 heteroatoms. The van der Waals surface area contributed by atoms with Gasteiger partial charge < -0.3 is 24.8 Å². The number of piperidine rings is 1. The molecule has 2 aromatic carbocycles. The van der Waals surface area contributed by atoms with Gasteiger partial charge in [0.25, 0.3) is 0 Å². The van der Waals surface area contributed by atoms with Crippen molar-refractivity contribution in [2.24, 2.45) is 0 Å². The van der Waals surface area contributed by atoms with Crippen molar-refractivity contribution in [3.8, 4) is 22.9 Å². The molecule has 4 aromatic rings. The molecule has 1 fully saturated rings. The van der Waals surface area contributed by atoms with Gasteiger partial charge in [-0.25, -0.2) is 15.0 Å². The van der Waals surface area contributed by atoms with Crippen LogP contribution in [0.2, 0.25) is 0 Å². The Morgan fingerprint density at radius 1 is 1.07 bits per heavy atom. The second-order valence-electron chi connectivity index (χ2n) is 10.4. The van der Waals surface area contributed by atoms with Gasteiger partial charge in [-0.1, -0.05) is 30.3 Å². The van der Waals surface area contributed by atoms with Crippen LogP contribution >= 0.6 is 0 Å². The number of nitrogens with zero attached hydrogens (tertiary/aromatic N) is 5. The summed E-state index contributed by atoms with van der Waals surface area (Å²) in [5, 5.41) is 12.9. The normalized spacial score (nSPS) is 15.3. The van der Waals surface area contributed by atoms with Crippen LogP contribution in [-0.4, -0.2) is 56.8 Å². The zero-order valence-electron chi connectivity index (χ0n) is 23.4. The monoisotopic (exact) mass is 554 g/mol. The van der Waals surface area contributed by atoms with Gasteiger partial charge in [0.05, 0.1) is 31.0 Å². The maximum atomic E-state index is 11.7. The predicted molar refractivity (Wildman–Crippen MR) is 157 cm³/mol. The Labute approximate surface area is 239 Å². The largest absolute Gasteiger partial charge is 0.490 e. The molecule has 2 N–H and O–H groups in total. The SMILES string of the molecule is CCOc1ccccc1O[C@@H]1CCCN(c2cncc(Nc3ccnc(-c4cccc(C(C)(C)C(=O)O)c4)n3)n2)C1. The van der Waals surface area contributed by atoms with E-state index in [1.807, 2.05) is 49.4 Å². The number of benzene rings is 2. The molecule has 212 valence electrons. The number of hydrogen-bond acceptors (Lipinski definition) is 9. The van der Waals surface area contributed by atoms with E-state index in [9.17, 15) is 9.90 Å².